The first-order valence-electron chi connectivity index (χ1n) is 4.96. The van der Waals surface area contributed by atoms with Crippen molar-refractivity contribution in [3.63, 3.8) is 0 Å². The van der Waals surface area contributed by atoms with Crippen molar-refractivity contribution in [2.45, 2.75) is 17.2 Å². The minimum atomic E-state index is -3.20. The van der Waals surface area contributed by atoms with Crippen molar-refractivity contribution in [3.8, 4) is 0 Å². The quantitative estimate of drug-likeness (QED) is 0.780. The molecule has 1 rings (SSSR count). The molecule has 0 radical (unpaired) electrons. The van der Waals surface area contributed by atoms with Gasteiger partial charge in [0.05, 0.1) is 10.6 Å². The van der Waals surface area contributed by atoms with Crippen molar-refractivity contribution in [2.24, 2.45) is 0 Å². The van der Waals surface area contributed by atoms with Crippen LogP contribution in [0.1, 0.15) is 6.92 Å². The smallest absolute Gasteiger partial charge is 0.177 e. The zero-order chi connectivity index (χ0) is 12.3. The molecule has 0 aliphatic carbocycles. The first kappa shape index (κ1) is 13.3. The third-order valence-electron chi connectivity index (χ3n) is 2.20. The Labute approximate surface area is 102 Å². The molecule has 0 amide bonds. The fourth-order valence-corrected chi connectivity index (χ4v) is 2.70. The van der Waals surface area contributed by atoms with E-state index in [1.165, 1.54) is 6.26 Å². The largest absolute Gasteiger partial charge is 0.372 e. The van der Waals surface area contributed by atoms with Crippen molar-refractivity contribution in [1.82, 2.24) is 0 Å². The van der Waals surface area contributed by atoms with Crippen molar-refractivity contribution >= 4 is 27.1 Å². The molecule has 0 bridgehead atoms. The third kappa shape index (κ3) is 3.39. The van der Waals surface area contributed by atoms with Gasteiger partial charge in [-0.2, -0.15) is 0 Å². The molecule has 3 nitrogen and oxygen atoms in total. The number of alkyl halides is 1. The van der Waals surface area contributed by atoms with Gasteiger partial charge in [-0.1, -0.05) is 12.1 Å². The summed E-state index contributed by atoms with van der Waals surface area (Å²) >= 11 is 5.90. The monoisotopic (exact) mass is 261 g/mol. The second kappa shape index (κ2) is 5.06. The number of benzene rings is 1. The van der Waals surface area contributed by atoms with Gasteiger partial charge >= 0.3 is 0 Å². The van der Waals surface area contributed by atoms with E-state index in [9.17, 15) is 8.42 Å². The Kier molecular flexibility index (Phi) is 4.21. The van der Waals surface area contributed by atoms with Gasteiger partial charge < -0.3 is 4.90 Å². The second-order valence-corrected chi connectivity index (χ2v) is 6.63. The summed E-state index contributed by atoms with van der Waals surface area (Å²) in [5.41, 5.74) is 0.692. The lowest BCUT2D eigenvalue weighted by atomic mass is 10.3. The maximum Gasteiger partial charge on any atom is 0.177 e. The van der Waals surface area contributed by atoms with Crippen LogP contribution in [0, 0.1) is 0 Å². The van der Waals surface area contributed by atoms with Crippen molar-refractivity contribution in [3.05, 3.63) is 24.3 Å². The summed E-state index contributed by atoms with van der Waals surface area (Å²) < 4.78 is 23.2. The highest BCUT2D eigenvalue weighted by Gasteiger charge is 2.15. The van der Waals surface area contributed by atoms with E-state index < -0.39 is 9.84 Å². The van der Waals surface area contributed by atoms with Gasteiger partial charge in [-0.25, -0.2) is 8.42 Å². The summed E-state index contributed by atoms with van der Waals surface area (Å²) in [6, 6.07) is 6.94. The highest BCUT2D eigenvalue weighted by molar-refractivity contribution is 7.90. The molecule has 0 N–H and O–H groups in total. The molecule has 1 unspecified atom stereocenters. The van der Waals surface area contributed by atoms with Crippen LogP contribution in [0.5, 0.6) is 0 Å². The van der Waals surface area contributed by atoms with Crippen LogP contribution in [-0.4, -0.2) is 33.6 Å². The van der Waals surface area contributed by atoms with Crippen LogP contribution in [0.25, 0.3) is 0 Å². The predicted molar refractivity (Wildman–Crippen MR) is 68.1 cm³/mol. The molecular weight excluding hydrogens is 246 g/mol. The fourth-order valence-electron chi connectivity index (χ4n) is 1.56. The van der Waals surface area contributed by atoms with E-state index in [1.54, 1.807) is 18.2 Å². The van der Waals surface area contributed by atoms with Crippen LogP contribution in [0.2, 0.25) is 0 Å². The lowest BCUT2D eigenvalue weighted by Crippen LogP contribution is -2.25. The van der Waals surface area contributed by atoms with Gasteiger partial charge in [-0.15, -0.1) is 11.6 Å². The maximum absolute atomic E-state index is 11.6. The summed E-state index contributed by atoms with van der Waals surface area (Å²) in [7, 11) is -1.36. The Hall–Kier alpha value is -0.740. The molecule has 1 aromatic rings. The van der Waals surface area contributed by atoms with E-state index in [1.807, 2.05) is 24.9 Å². The molecule has 0 fully saturated rings. The lowest BCUT2D eigenvalue weighted by Gasteiger charge is -2.22. The van der Waals surface area contributed by atoms with Crippen LogP contribution in [0.3, 0.4) is 0 Å². The van der Waals surface area contributed by atoms with E-state index in [0.29, 0.717) is 17.1 Å². The van der Waals surface area contributed by atoms with Crippen LogP contribution in [0.15, 0.2) is 29.2 Å². The van der Waals surface area contributed by atoms with Crippen LogP contribution in [-0.2, 0) is 9.84 Å². The summed E-state index contributed by atoms with van der Waals surface area (Å²) in [4.78, 5) is 2.20. The number of anilines is 1. The molecule has 90 valence electrons. The van der Waals surface area contributed by atoms with E-state index in [2.05, 4.69) is 0 Å². The van der Waals surface area contributed by atoms with E-state index >= 15 is 0 Å². The first-order valence-corrected chi connectivity index (χ1v) is 7.29. The SMILES string of the molecule is CC(Cl)CN(C)c1ccccc1S(C)(=O)=O. The van der Waals surface area contributed by atoms with Gasteiger partial charge in [0.25, 0.3) is 0 Å². The molecule has 0 heterocycles. The van der Waals surface area contributed by atoms with Gasteiger partial charge in [0.15, 0.2) is 9.84 Å². The summed E-state index contributed by atoms with van der Waals surface area (Å²) in [5, 5.41) is -0.0300. The van der Waals surface area contributed by atoms with Gasteiger partial charge in [-0.3, -0.25) is 0 Å². The van der Waals surface area contributed by atoms with E-state index in [4.69, 9.17) is 11.6 Å². The molecule has 16 heavy (non-hydrogen) atoms. The predicted octanol–water partition coefficient (Wildman–Crippen LogP) is 2.15. The topological polar surface area (TPSA) is 37.4 Å². The molecular formula is C11H16ClNO2S. The molecule has 5 heteroatoms. The highest BCUT2D eigenvalue weighted by atomic mass is 35.5. The fraction of sp³-hybridized carbons (Fsp3) is 0.455. The molecule has 0 aromatic heterocycles. The van der Waals surface area contributed by atoms with Gasteiger partial charge in [-0.05, 0) is 19.1 Å². The molecule has 0 aliphatic heterocycles. The zero-order valence-electron chi connectivity index (χ0n) is 9.64. The number of rotatable bonds is 4. The Morgan fingerprint density at radius 3 is 2.44 bits per heavy atom. The minimum Gasteiger partial charge on any atom is -0.372 e. The van der Waals surface area contributed by atoms with Crippen LogP contribution < -0.4 is 4.90 Å². The molecule has 0 saturated carbocycles. The maximum atomic E-state index is 11.6. The van der Waals surface area contributed by atoms with Crippen molar-refractivity contribution in [1.29, 1.82) is 0 Å². The van der Waals surface area contributed by atoms with Crippen LogP contribution >= 0.6 is 11.6 Å². The van der Waals surface area contributed by atoms with Crippen molar-refractivity contribution < 1.29 is 8.42 Å². The number of nitrogens with zero attached hydrogens (tertiary/aromatic N) is 1. The van der Waals surface area contributed by atoms with Gasteiger partial charge in [0, 0.05) is 25.2 Å². The van der Waals surface area contributed by atoms with Gasteiger partial charge in [0.2, 0.25) is 0 Å². The average Bonchev–Trinajstić information content (AvgIpc) is 2.15. The zero-order valence-corrected chi connectivity index (χ0v) is 11.2. The highest BCUT2D eigenvalue weighted by Crippen LogP contribution is 2.24. The molecule has 0 spiro atoms. The Balaban J connectivity index is 3.14. The van der Waals surface area contributed by atoms with Gasteiger partial charge in [0.1, 0.15) is 0 Å². The summed E-state index contributed by atoms with van der Waals surface area (Å²) in [6.07, 6.45) is 1.21. The third-order valence-corrected chi connectivity index (χ3v) is 3.48. The Bertz CT molecular complexity index is 457. The first-order chi connectivity index (χ1) is 7.32. The number of halogens is 1. The van der Waals surface area contributed by atoms with Crippen LogP contribution in [0.4, 0.5) is 5.69 Å². The van der Waals surface area contributed by atoms with E-state index in [-0.39, 0.29) is 5.38 Å². The molecule has 0 saturated heterocycles. The summed E-state index contributed by atoms with van der Waals surface area (Å²) in [6.45, 7) is 2.48. The molecule has 1 aromatic carbocycles. The standard InChI is InChI=1S/C11H16ClNO2S/c1-9(12)8-13(2)10-6-4-5-7-11(10)16(3,14)15/h4-7,9H,8H2,1-3H3. The number of sulfone groups is 1. The van der Waals surface area contributed by atoms with E-state index in [0.717, 1.165) is 0 Å². The normalized spacial score (nSPS) is 13.5. The summed E-state index contributed by atoms with van der Waals surface area (Å²) in [5.74, 6) is 0. The Morgan fingerprint density at radius 2 is 1.94 bits per heavy atom. The number of hydrogen-bond donors (Lipinski definition) is 0. The molecule has 1 atom stereocenters. The number of para-hydroxylation sites is 1. The average molecular weight is 262 g/mol. The Morgan fingerprint density at radius 1 is 1.38 bits per heavy atom. The van der Waals surface area contributed by atoms with Crippen molar-refractivity contribution in [2.75, 3.05) is 24.7 Å². The lowest BCUT2D eigenvalue weighted by molar-refractivity contribution is 0.601. The number of hydrogen-bond acceptors (Lipinski definition) is 3. The second-order valence-electron chi connectivity index (χ2n) is 3.90. The molecule has 0 aliphatic rings. The minimum absolute atomic E-state index is 0.0300.